The van der Waals surface area contributed by atoms with Crippen molar-refractivity contribution < 1.29 is 23.5 Å². The Morgan fingerprint density at radius 2 is 1.85 bits per heavy atom. The summed E-state index contributed by atoms with van der Waals surface area (Å²) < 4.78 is 27.6. The summed E-state index contributed by atoms with van der Waals surface area (Å²) in [6, 6.07) is 6.49. The Hall–Kier alpha value is -3.58. The van der Waals surface area contributed by atoms with Crippen LogP contribution in [0.3, 0.4) is 0 Å². The van der Waals surface area contributed by atoms with E-state index in [0.717, 1.165) is 11.1 Å². The van der Waals surface area contributed by atoms with Crippen molar-refractivity contribution in [3.8, 4) is 6.19 Å². The van der Waals surface area contributed by atoms with Crippen LogP contribution in [-0.2, 0) is 15.0 Å². The highest BCUT2D eigenvalue weighted by Gasteiger charge is 2.44. The van der Waals surface area contributed by atoms with Crippen LogP contribution in [0.4, 0.5) is 14.5 Å². The summed E-state index contributed by atoms with van der Waals surface area (Å²) in [5.41, 5.74) is 2.54. The number of hydrogen-bond donors (Lipinski definition) is 2. The first-order valence-corrected chi connectivity index (χ1v) is 13.7. The molecule has 2 aromatic rings. The number of alkyl halides is 2. The van der Waals surface area contributed by atoms with Gasteiger partial charge in [-0.15, -0.1) is 0 Å². The highest BCUT2D eigenvalue weighted by molar-refractivity contribution is 6.04. The van der Waals surface area contributed by atoms with Crippen LogP contribution in [0.15, 0.2) is 42.7 Å². The molecule has 3 atom stereocenters. The molecule has 214 valence electrons. The lowest BCUT2D eigenvalue weighted by atomic mass is 9.87. The van der Waals surface area contributed by atoms with E-state index in [2.05, 4.69) is 31.1 Å². The van der Waals surface area contributed by atoms with Crippen molar-refractivity contribution in [1.29, 1.82) is 5.26 Å². The number of aromatic nitrogens is 1. The SMILES string of the molecule is Cc1cncc(C(C(=O)NC2CCC(F)(F)CC2)N(C(=O)C2CC(O)CN2C#N)c2ccc(C(C)(C)C)cc2)c1. The van der Waals surface area contributed by atoms with Crippen molar-refractivity contribution in [1.82, 2.24) is 15.2 Å². The second-order valence-electron chi connectivity index (χ2n) is 12.0. The van der Waals surface area contributed by atoms with Crippen LogP contribution in [0.2, 0.25) is 0 Å². The highest BCUT2D eigenvalue weighted by Crippen LogP contribution is 2.36. The van der Waals surface area contributed by atoms with Gasteiger partial charge in [-0.1, -0.05) is 39.0 Å². The van der Waals surface area contributed by atoms with Crippen LogP contribution in [0, 0.1) is 18.4 Å². The quantitative estimate of drug-likeness (QED) is 0.514. The van der Waals surface area contributed by atoms with Crippen LogP contribution in [-0.4, -0.2) is 57.5 Å². The highest BCUT2D eigenvalue weighted by atomic mass is 19.3. The molecule has 0 radical (unpaired) electrons. The number of anilines is 1. The fourth-order valence-corrected chi connectivity index (χ4v) is 5.45. The number of carbonyl (C=O) groups excluding carboxylic acids is 2. The van der Waals surface area contributed by atoms with Crippen LogP contribution >= 0.6 is 0 Å². The van der Waals surface area contributed by atoms with E-state index in [1.54, 1.807) is 24.4 Å². The topological polar surface area (TPSA) is 110 Å². The average Bonchev–Trinajstić information content (AvgIpc) is 3.28. The molecule has 3 unspecified atom stereocenters. The Kier molecular flexibility index (Phi) is 8.45. The smallest absolute Gasteiger partial charge is 0.251 e. The molecule has 8 nitrogen and oxygen atoms in total. The fourth-order valence-electron chi connectivity index (χ4n) is 5.45. The van der Waals surface area contributed by atoms with Gasteiger partial charge in [-0.25, -0.2) is 8.78 Å². The summed E-state index contributed by atoms with van der Waals surface area (Å²) in [6.07, 6.45) is 3.94. The number of amides is 2. The van der Waals surface area contributed by atoms with Crippen molar-refractivity contribution >= 4 is 17.5 Å². The molecule has 2 N–H and O–H groups in total. The Bertz CT molecular complexity index is 1260. The molecule has 1 saturated carbocycles. The summed E-state index contributed by atoms with van der Waals surface area (Å²) in [5.74, 6) is -3.78. The number of β-amino-alcohol motifs (C(OH)–C–C–N with tert-alkyl or cyclic N) is 1. The number of aryl methyl sites for hydroxylation is 1. The third-order valence-electron chi connectivity index (χ3n) is 7.72. The van der Waals surface area contributed by atoms with Gasteiger partial charge in [0.1, 0.15) is 12.1 Å². The van der Waals surface area contributed by atoms with Crippen LogP contribution in [0.25, 0.3) is 0 Å². The first-order valence-electron chi connectivity index (χ1n) is 13.7. The summed E-state index contributed by atoms with van der Waals surface area (Å²) >= 11 is 0. The molecule has 1 aliphatic heterocycles. The molecule has 40 heavy (non-hydrogen) atoms. The number of rotatable bonds is 6. The molecule has 0 bridgehead atoms. The molecule has 2 amide bonds. The number of likely N-dealkylation sites (tertiary alicyclic amines) is 1. The zero-order chi connectivity index (χ0) is 29.2. The number of aliphatic hydroxyl groups excluding tert-OH is 1. The monoisotopic (exact) mass is 553 g/mol. The lowest BCUT2D eigenvalue weighted by Crippen LogP contribution is -2.52. The summed E-state index contributed by atoms with van der Waals surface area (Å²) in [5, 5.41) is 22.9. The predicted molar refractivity (Wildman–Crippen MR) is 146 cm³/mol. The van der Waals surface area contributed by atoms with Gasteiger partial charge < -0.3 is 10.4 Å². The maximum atomic E-state index is 14.2. The molecular weight excluding hydrogens is 516 g/mol. The Morgan fingerprint density at radius 3 is 2.42 bits per heavy atom. The normalized spacial score (nSPS) is 21.9. The molecule has 0 spiro atoms. The van der Waals surface area contributed by atoms with Gasteiger partial charge in [0.05, 0.1) is 12.6 Å². The molecular formula is C30H37F2N5O3. The molecule has 10 heteroatoms. The lowest BCUT2D eigenvalue weighted by Gasteiger charge is -2.36. The molecule has 4 rings (SSSR count). The number of hydrogen-bond acceptors (Lipinski definition) is 6. The van der Waals surface area contributed by atoms with Crippen molar-refractivity contribution in [3.63, 3.8) is 0 Å². The Labute approximate surface area is 234 Å². The van der Waals surface area contributed by atoms with Crippen molar-refractivity contribution in [2.45, 2.75) is 95.4 Å². The Morgan fingerprint density at radius 1 is 1.20 bits per heavy atom. The van der Waals surface area contributed by atoms with Crippen molar-refractivity contribution in [3.05, 3.63) is 59.4 Å². The number of nitrogens with zero attached hydrogens (tertiary/aromatic N) is 4. The molecule has 1 aromatic heterocycles. The first-order chi connectivity index (χ1) is 18.8. The Balaban J connectivity index is 1.78. The number of carbonyl (C=O) groups is 2. The zero-order valence-electron chi connectivity index (χ0n) is 23.4. The molecule has 1 aliphatic carbocycles. The number of nitriles is 1. The molecule has 2 aliphatic rings. The molecule has 1 saturated heterocycles. The van der Waals surface area contributed by atoms with Gasteiger partial charge in [0.2, 0.25) is 11.8 Å². The van der Waals surface area contributed by atoms with Gasteiger partial charge >= 0.3 is 0 Å². The number of nitrogens with one attached hydrogen (secondary N) is 1. The summed E-state index contributed by atoms with van der Waals surface area (Å²) in [4.78, 5) is 35.1. The fraction of sp³-hybridized carbons (Fsp3) is 0.533. The van der Waals surface area contributed by atoms with E-state index < -0.39 is 42.0 Å². The second-order valence-corrected chi connectivity index (χ2v) is 12.0. The van der Waals surface area contributed by atoms with E-state index in [4.69, 9.17) is 0 Å². The maximum absolute atomic E-state index is 14.2. The minimum atomic E-state index is -2.75. The molecule has 2 heterocycles. The zero-order valence-corrected chi connectivity index (χ0v) is 23.4. The second kappa shape index (κ2) is 11.5. The van der Waals surface area contributed by atoms with Crippen molar-refractivity contribution in [2.24, 2.45) is 0 Å². The van der Waals surface area contributed by atoms with Crippen LogP contribution in [0.1, 0.15) is 75.6 Å². The van der Waals surface area contributed by atoms with Gasteiger partial charge in [-0.2, -0.15) is 5.26 Å². The lowest BCUT2D eigenvalue weighted by molar-refractivity contribution is -0.129. The number of pyridine rings is 1. The first kappa shape index (κ1) is 29.4. The summed E-state index contributed by atoms with van der Waals surface area (Å²) in [7, 11) is 0. The third-order valence-corrected chi connectivity index (χ3v) is 7.72. The number of benzene rings is 1. The van der Waals surface area contributed by atoms with Gasteiger partial charge in [0, 0.05) is 48.9 Å². The molecule has 2 fully saturated rings. The van der Waals surface area contributed by atoms with Crippen molar-refractivity contribution in [2.75, 3.05) is 11.4 Å². The van der Waals surface area contributed by atoms with E-state index in [-0.39, 0.29) is 44.1 Å². The van der Waals surface area contributed by atoms with E-state index >= 15 is 0 Å². The van der Waals surface area contributed by atoms with Crippen LogP contribution < -0.4 is 10.2 Å². The standard InChI is InChI=1S/C30H37F2N5O3/c1-19-13-20(16-34-15-19)26(27(39)35-22-9-11-30(31,32)12-10-22)37(23-7-5-21(6-8-23)29(2,3)4)28(40)25-14-24(38)17-36(25)18-33/h5-8,13,15-16,22,24-26,38H,9-12,14,17H2,1-4H3,(H,35,39). The third kappa shape index (κ3) is 6.58. The van der Waals surface area contributed by atoms with Gasteiger partial charge in [-0.3, -0.25) is 24.4 Å². The van der Waals surface area contributed by atoms with Crippen LogP contribution in [0.5, 0.6) is 0 Å². The maximum Gasteiger partial charge on any atom is 0.251 e. The summed E-state index contributed by atoms with van der Waals surface area (Å²) in [6.45, 7) is 8.04. The van der Waals surface area contributed by atoms with Gasteiger partial charge in [-0.05, 0) is 48.4 Å². The van der Waals surface area contributed by atoms with Gasteiger partial charge in [0.25, 0.3) is 5.91 Å². The number of halogens is 2. The minimum absolute atomic E-state index is 0.0167. The largest absolute Gasteiger partial charge is 0.391 e. The van der Waals surface area contributed by atoms with Gasteiger partial charge in [0.15, 0.2) is 6.19 Å². The predicted octanol–water partition coefficient (Wildman–Crippen LogP) is 4.37. The van der Waals surface area contributed by atoms with E-state index in [0.29, 0.717) is 11.3 Å². The minimum Gasteiger partial charge on any atom is -0.391 e. The van der Waals surface area contributed by atoms with E-state index in [1.165, 1.54) is 16.0 Å². The number of aliphatic hydroxyl groups is 1. The van der Waals surface area contributed by atoms with E-state index in [1.807, 2.05) is 25.2 Å². The van der Waals surface area contributed by atoms with E-state index in [9.17, 15) is 28.7 Å². The molecule has 1 aromatic carbocycles. The average molecular weight is 554 g/mol.